The van der Waals surface area contributed by atoms with Crippen molar-refractivity contribution in [1.82, 2.24) is 20.2 Å². The molecule has 1 aromatic heterocycles. The summed E-state index contributed by atoms with van der Waals surface area (Å²) >= 11 is 0. The van der Waals surface area contributed by atoms with Crippen LogP contribution in [0.1, 0.15) is 18.4 Å². The smallest absolute Gasteiger partial charge is 0.182 e. The Morgan fingerprint density at radius 2 is 2.14 bits per heavy atom. The van der Waals surface area contributed by atoms with Crippen molar-refractivity contribution in [3.05, 3.63) is 23.5 Å². The van der Waals surface area contributed by atoms with Gasteiger partial charge in [-0.3, -0.25) is 0 Å². The molecule has 3 rings (SSSR count). The van der Waals surface area contributed by atoms with Crippen LogP contribution < -0.4 is 5.73 Å². The van der Waals surface area contributed by atoms with Crippen LogP contribution in [0.3, 0.4) is 0 Å². The van der Waals surface area contributed by atoms with E-state index in [1.807, 2.05) is 0 Å². The van der Waals surface area contributed by atoms with Crippen LogP contribution in [0.4, 0.5) is 10.1 Å². The Labute approximate surface area is 122 Å². The SMILES string of the molecule is Cc1c(N)cc(-c2nnnn2CC2CCOCC2)cc1F. The van der Waals surface area contributed by atoms with E-state index < -0.39 is 0 Å². The molecule has 0 aliphatic carbocycles. The number of nitrogen functional groups attached to an aromatic ring is 1. The van der Waals surface area contributed by atoms with Crippen molar-refractivity contribution < 1.29 is 9.13 Å². The molecule has 1 aliphatic rings. The summed E-state index contributed by atoms with van der Waals surface area (Å²) in [6, 6.07) is 3.14. The van der Waals surface area contributed by atoms with Crippen LogP contribution in [0.5, 0.6) is 0 Å². The van der Waals surface area contributed by atoms with E-state index in [1.165, 1.54) is 6.07 Å². The van der Waals surface area contributed by atoms with Gasteiger partial charge >= 0.3 is 0 Å². The van der Waals surface area contributed by atoms with Gasteiger partial charge in [0.05, 0.1) is 0 Å². The fourth-order valence-corrected chi connectivity index (χ4v) is 2.54. The van der Waals surface area contributed by atoms with Crippen LogP contribution in [0.2, 0.25) is 0 Å². The van der Waals surface area contributed by atoms with E-state index in [4.69, 9.17) is 10.5 Å². The van der Waals surface area contributed by atoms with Crippen LogP contribution in [0, 0.1) is 18.7 Å². The highest BCUT2D eigenvalue weighted by Gasteiger charge is 2.19. The molecule has 7 heteroatoms. The highest BCUT2D eigenvalue weighted by Crippen LogP contribution is 2.25. The quantitative estimate of drug-likeness (QED) is 0.872. The highest BCUT2D eigenvalue weighted by atomic mass is 19.1. The van der Waals surface area contributed by atoms with Gasteiger partial charge in [-0.05, 0) is 48.2 Å². The van der Waals surface area contributed by atoms with E-state index in [1.54, 1.807) is 17.7 Å². The Kier molecular flexibility index (Phi) is 3.83. The summed E-state index contributed by atoms with van der Waals surface area (Å²) in [6.07, 6.45) is 1.98. The van der Waals surface area contributed by atoms with Crippen molar-refractivity contribution in [3.63, 3.8) is 0 Å². The van der Waals surface area contributed by atoms with Gasteiger partial charge in [0.2, 0.25) is 0 Å². The maximum atomic E-state index is 13.8. The van der Waals surface area contributed by atoms with Gasteiger partial charge in [0.15, 0.2) is 5.82 Å². The van der Waals surface area contributed by atoms with Crippen molar-refractivity contribution in [3.8, 4) is 11.4 Å². The third-order valence-corrected chi connectivity index (χ3v) is 3.95. The van der Waals surface area contributed by atoms with Crippen LogP contribution in [0.25, 0.3) is 11.4 Å². The average Bonchev–Trinajstić information content (AvgIpc) is 2.93. The van der Waals surface area contributed by atoms with Crippen LogP contribution >= 0.6 is 0 Å². The first-order valence-corrected chi connectivity index (χ1v) is 7.05. The van der Waals surface area contributed by atoms with Crippen molar-refractivity contribution in [1.29, 1.82) is 0 Å². The Balaban J connectivity index is 1.88. The molecule has 0 bridgehead atoms. The topological polar surface area (TPSA) is 78.9 Å². The van der Waals surface area contributed by atoms with Crippen LogP contribution in [0.15, 0.2) is 12.1 Å². The normalized spacial score (nSPS) is 16.3. The van der Waals surface area contributed by atoms with Gasteiger partial charge in [0, 0.05) is 36.6 Å². The van der Waals surface area contributed by atoms with Crippen molar-refractivity contribution in [2.24, 2.45) is 5.92 Å². The Bertz CT molecular complexity index is 613. The second-order valence-corrected chi connectivity index (χ2v) is 5.41. The van der Waals surface area contributed by atoms with Gasteiger partial charge in [-0.1, -0.05) is 0 Å². The molecule has 1 fully saturated rings. The highest BCUT2D eigenvalue weighted by molar-refractivity contribution is 5.63. The van der Waals surface area contributed by atoms with E-state index in [0.29, 0.717) is 35.1 Å². The zero-order chi connectivity index (χ0) is 14.8. The first kappa shape index (κ1) is 13.9. The molecule has 0 atom stereocenters. The van der Waals surface area contributed by atoms with E-state index in [-0.39, 0.29) is 5.82 Å². The van der Waals surface area contributed by atoms with Gasteiger partial charge < -0.3 is 10.5 Å². The monoisotopic (exact) mass is 291 g/mol. The molecule has 1 aromatic carbocycles. The average molecular weight is 291 g/mol. The number of rotatable bonds is 3. The van der Waals surface area contributed by atoms with E-state index in [2.05, 4.69) is 15.5 Å². The second kappa shape index (κ2) is 5.77. The maximum Gasteiger partial charge on any atom is 0.182 e. The minimum Gasteiger partial charge on any atom is -0.398 e. The molecule has 1 aliphatic heterocycles. The summed E-state index contributed by atoms with van der Waals surface area (Å²) in [5.74, 6) is 0.686. The number of aromatic nitrogens is 4. The summed E-state index contributed by atoms with van der Waals surface area (Å²) in [6.45, 7) is 3.91. The lowest BCUT2D eigenvalue weighted by atomic mass is 10.0. The summed E-state index contributed by atoms with van der Waals surface area (Å²) in [7, 11) is 0. The second-order valence-electron chi connectivity index (χ2n) is 5.41. The number of benzene rings is 1. The van der Waals surface area contributed by atoms with Crippen molar-refractivity contribution in [2.75, 3.05) is 18.9 Å². The predicted molar refractivity (Wildman–Crippen MR) is 75.9 cm³/mol. The molecule has 0 radical (unpaired) electrons. The van der Waals surface area contributed by atoms with Gasteiger partial charge in [-0.2, -0.15) is 0 Å². The lowest BCUT2D eigenvalue weighted by Crippen LogP contribution is -2.21. The molecule has 112 valence electrons. The molecular formula is C14H18FN5O. The number of tetrazole rings is 1. The number of hydrogen-bond donors (Lipinski definition) is 1. The number of hydrogen-bond acceptors (Lipinski definition) is 5. The first-order valence-electron chi connectivity index (χ1n) is 7.05. The lowest BCUT2D eigenvalue weighted by molar-refractivity contribution is 0.0601. The number of anilines is 1. The Morgan fingerprint density at radius 1 is 1.38 bits per heavy atom. The molecule has 2 heterocycles. The zero-order valence-electron chi connectivity index (χ0n) is 11.9. The molecule has 0 amide bonds. The standard InChI is InChI=1S/C14H18FN5O/c1-9-12(15)6-11(7-13(9)16)14-17-18-19-20(14)8-10-2-4-21-5-3-10/h6-7,10H,2-5,8,16H2,1H3. The predicted octanol–water partition coefficient (Wildman–Crippen LogP) is 1.80. The van der Waals surface area contributed by atoms with Gasteiger partial charge in [-0.15, -0.1) is 5.10 Å². The van der Waals surface area contributed by atoms with E-state index in [0.717, 1.165) is 26.1 Å². The fourth-order valence-electron chi connectivity index (χ4n) is 2.54. The van der Waals surface area contributed by atoms with Crippen molar-refractivity contribution >= 4 is 5.69 Å². The molecular weight excluding hydrogens is 273 g/mol. The molecule has 2 aromatic rings. The van der Waals surface area contributed by atoms with E-state index >= 15 is 0 Å². The summed E-state index contributed by atoms with van der Waals surface area (Å²) in [5, 5.41) is 11.7. The number of ether oxygens (including phenoxy) is 1. The Hall–Kier alpha value is -2.02. The molecule has 0 spiro atoms. The number of nitrogens with two attached hydrogens (primary N) is 1. The van der Waals surface area contributed by atoms with E-state index in [9.17, 15) is 4.39 Å². The van der Waals surface area contributed by atoms with Crippen LogP contribution in [-0.2, 0) is 11.3 Å². The third kappa shape index (κ3) is 2.87. The molecule has 1 saturated heterocycles. The molecule has 21 heavy (non-hydrogen) atoms. The lowest BCUT2D eigenvalue weighted by Gasteiger charge is -2.21. The summed E-state index contributed by atoms with van der Waals surface area (Å²) < 4.78 is 20.9. The van der Waals surface area contributed by atoms with Crippen LogP contribution in [-0.4, -0.2) is 33.4 Å². The minimum atomic E-state index is -0.342. The Morgan fingerprint density at radius 3 is 2.86 bits per heavy atom. The first-order chi connectivity index (χ1) is 10.1. The fraction of sp³-hybridized carbons (Fsp3) is 0.500. The minimum absolute atomic E-state index is 0.342. The molecule has 0 saturated carbocycles. The summed E-state index contributed by atoms with van der Waals surface area (Å²) in [4.78, 5) is 0. The van der Waals surface area contributed by atoms with Gasteiger partial charge in [0.1, 0.15) is 5.82 Å². The zero-order valence-corrected chi connectivity index (χ0v) is 11.9. The molecule has 2 N–H and O–H groups in total. The maximum absolute atomic E-state index is 13.8. The molecule has 6 nitrogen and oxygen atoms in total. The largest absolute Gasteiger partial charge is 0.398 e. The third-order valence-electron chi connectivity index (χ3n) is 3.95. The summed E-state index contributed by atoms with van der Waals surface area (Å²) in [5.41, 5.74) is 7.29. The molecule has 0 unspecified atom stereocenters. The number of halogens is 1. The number of nitrogens with zero attached hydrogens (tertiary/aromatic N) is 4. The van der Waals surface area contributed by atoms with Crippen molar-refractivity contribution in [2.45, 2.75) is 26.3 Å². The van der Waals surface area contributed by atoms with Gasteiger partial charge in [0.25, 0.3) is 0 Å². The van der Waals surface area contributed by atoms with Gasteiger partial charge in [-0.25, -0.2) is 9.07 Å².